The van der Waals surface area contributed by atoms with E-state index in [0.29, 0.717) is 33.6 Å². The Hall–Kier alpha value is -3.11. The van der Waals surface area contributed by atoms with Crippen molar-refractivity contribution in [3.8, 4) is 11.4 Å². The summed E-state index contributed by atoms with van der Waals surface area (Å²) in [4.78, 5) is 33.2. The van der Waals surface area contributed by atoms with E-state index in [1.807, 2.05) is 24.3 Å². The summed E-state index contributed by atoms with van der Waals surface area (Å²) in [7, 11) is 1.57. The molecule has 0 spiro atoms. The van der Waals surface area contributed by atoms with E-state index in [1.54, 1.807) is 36.0 Å². The van der Waals surface area contributed by atoms with Crippen molar-refractivity contribution in [2.75, 3.05) is 18.2 Å². The predicted molar refractivity (Wildman–Crippen MR) is 129 cm³/mol. The number of benzene rings is 1. The van der Waals surface area contributed by atoms with Crippen LogP contribution in [0.25, 0.3) is 15.9 Å². The molecule has 10 heteroatoms. The van der Waals surface area contributed by atoms with E-state index in [2.05, 4.69) is 10.5 Å². The number of hydrogen-bond donors (Lipinski definition) is 1. The summed E-state index contributed by atoms with van der Waals surface area (Å²) in [6.45, 7) is 1.75. The number of nitrogens with one attached hydrogen (secondary N) is 1. The van der Waals surface area contributed by atoms with Crippen molar-refractivity contribution in [2.45, 2.75) is 37.8 Å². The van der Waals surface area contributed by atoms with Gasteiger partial charge in [-0.25, -0.2) is 4.98 Å². The van der Waals surface area contributed by atoms with Gasteiger partial charge in [0.1, 0.15) is 16.3 Å². The number of ether oxygens (including phenoxy) is 1. The average molecular weight is 483 g/mol. The summed E-state index contributed by atoms with van der Waals surface area (Å²) in [6, 6.07) is 8.99. The van der Waals surface area contributed by atoms with Gasteiger partial charge in [-0.2, -0.15) is 0 Å². The average Bonchev–Trinajstić information content (AvgIpc) is 3.40. The van der Waals surface area contributed by atoms with Crippen molar-refractivity contribution in [1.29, 1.82) is 0 Å². The minimum absolute atomic E-state index is 0.0596. The minimum atomic E-state index is -0.264. The summed E-state index contributed by atoms with van der Waals surface area (Å²) in [5.41, 5.74) is 1.60. The predicted octanol–water partition coefficient (Wildman–Crippen LogP) is 4.36. The van der Waals surface area contributed by atoms with Crippen LogP contribution in [-0.4, -0.2) is 33.5 Å². The van der Waals surface area contributed by atoms with Crippen molar-refractivity contribution in [2.24, 2.45) is 0 Å². The van der Waals surface area contributed by atoms with Gasteiger partial charge in [0.05, 0.1) is 23.9 Å². The van der Waals surface area contributed by atoms with Crippen LogP contribution in [0.15, 0.2) is 44.8 Å². The summed E-state index contributed by atoms with van der Waals surface area (Å²) in [5.74, 6) is 1.32. The zero-order valence-corrected chi connectivity index (χ0v) is 19.8. The van der Waals surface area contributed by atoms with E-state index in [-0.39, 0.29) is 17.2 Å². The molecule has 8 nitrogen and oxygen atoms in total. The fourth-order valence-electron chi connectivity index (χ4n) is 4.04. The molecule has 1 N–H and O–H groups in total. The van der Waals surface area contributed by atoms with E-state index in [0.717, 1.165) is 36.1 Å². The fraction of sp³-hybridized carbons (Fsp3) is 0.304. The number of rotatable bonds is 6. The van der Waals surface area contributed by atoms with Crippen LogP contribution in [-0.2, 0) is 17.6 Å². The molecular formula is C23H22N4O4S2. The molecule has 5 rings (SSSR count). The lowest BCUT2D eigenvalue weighted by atomic mass is 9.97. The second kappa shape index (κ2) is 9.03. The van der Waals surface area contributed by atoms with E-state index < -0.39 is 0 Å². The third kappa shape index (κ3) is 4.16. The lowest BCUT2D eigenvalue weighted by Crippen LogP contribution is -2.23. The molecule has 0 radical (unpaired) electrons. The van der Waals surface area contributed by atoms with Crippen LogP contribution >= 0.6 is 23.1 Å². The molecule has 0 fully saturated rings. The highest BCUT2D eigenvalue weighted by Crippen LogP contribution is 2.36. The third-order valence-electron chi connectivity index (χ3n) is 5.51. The number of para-hydroxylation sites is 2. The number of thioether (sulfide) groups is 1. The number of amides is 1. The van der Waals surface area contributed by atoms with Gasteiger partial charge in [-0.15, -0.1) is 11.3 Å². The van der Waals surface area contributed by atoms with E-state index >= 15 is 0 Å². The van der Waals surface area contributed by atoms with Gasteiger partial charge in [-0.1, -0.05) is 29.1 Å². The molecular weight excluding hydrogens is 460 g/mol. The number of carbonyl (C=O) groups is 1. The van der Waals surface area contributed by atoms with Crippen LogP contribution < -0.4 is 15.6 Å². The number of anilines is 1. The second-order valence-electron chi connectivity index (χ2n) is 7.76. The molecule has 0 saturated heterocycles. The van der Waals surface area contributed by atoms with Gasteiger partial charge in [-0.3, -0.25) is 14.2 Å². The Bertz CT molecular complexity index is 1410. The van der Waals surface area contributed by atoms with Crippen LogP contribution in [0.2, 0.25) is 0 Å². The number of nitrogens with zero attached hydrogens (tertiary/aromatic N) is 3. The van der Waals surface area contributed by atoms with Crippen molar-refractivity contribution in [3.63, 3.8) is 0 Å². The van der Waals surface area contributed by atoms with Crippen molar-refractivity contribution < 1.29 is 14.1 Å². The molecule has 1 aliphatic carbocycles. The zero-order chi connectivity index (χ0) is 22.9. The molecule has 170 valence electrons. The van der Waals surface area contributed by atoms with Crippen LogP contribution in [0, 0.1) is 6.92 Å². The molecule has 0 saturated carbocycles. The van der Waals surface area contributed by atoms with Crippen LogP contribution in [0.4, 0.5) is 5.82 Å². The number of fused-ring (bicyclic) bond motifs is 3. The second-order valence-corrected chi connectivity index (χ2v) is 9.78. The molecule has 1 amide bonds. The summed E-state index contributed by atoms with van der Waals surface area (Å²) < 4.78 is 12.1. The minimum Gasteiger partial charge on any atom is -0.495 e. The molecule has 33 heavy (non-hydrogen) atoms. The molecule has 0 atom stereocenters. The smallest absolute Gasteiger partial charge is 0.267 e. The van der Waals surface area contributed by atoms with Crippen molar-refractivity contribution in [3.05, 3.63) is 56.9 Å². The SMILES string of the molecule is COc1ccccc1-n1c(SCC(=O)Nc2cc(C)on2)nc2sc3c(c2c1=O)CCCC3. The quantitative estimate of drug-likeness (QED) is 0.322. The highest BCUT2D eigenvalue weighted by Gasteiger charge is 2.24. The number of carbonyl (C=O) groups excluding carboxylic acids is 1. The Morgan fingerprint density at radius 2 is 2.12 bits per heavy atom. The topological polar surface area (TPSA) is 99.2 Å². The zero-order valence-electron chi connectivity index (χ0n) is 18.2. The summed E-state index contributed by atoms with van der Waals surface area (Å²) in [6.07, 6.45) is 4.07. The fourth-order valence-corrected chi connectivity index (χ4v) is 6.15. The van der Waals surface area contributed by atoms with Gasteiger partial charge >= 0.3 is 0 Å². The van der Waals surface area contributed by atoms with Gasteiger partial charge < -0.3 is 14.6 Å². The van der Waals surface area contributed by atoms with E-state index in [1.165, 1.54) is 16.6 Å². The highest BCUT2D eigenvalue weighted by molar-refractivity contribution is 7.99. The first-order valence-electron chi connectivity index (χ1n) is 10.6. The van der Waals surface area contributed by atoms with E-state index in [9.17, 15) is 9.59 Å². The molecule has 3 aromatic heterocycles. The maximum Gasteiger partial charge on any atom is 0.267 e. The number of hydrogen-bond acceptors (Lipinski definition) is 8. The Labute approximate surface area is 198 Å². The maximum absolute atomic E-state index is 13.8. The van der Waals surface area contributed by atoms with Crippen LogP contribution in [0.5, 0.6) is 5.75 Å². The number of thiophene rings is 1. The molecule has 0 bridgehead atoms. The number of aryl methyl sites for hydroxylation is 3. The normalized spacial score (nSPS) is 13.2. The number of aromatic nitrogens is 3. The van der Waals surface area contributed by atoms with Crippen molar-refractivity contribution in [1.82, 2.24) is 14.7 Å². The lowest BCUT2D eigenvalue weighted by Gasteiger charge is -2.15. The Morgan fingerprint density at radius 3 is 2.91 bits per heavy atom. The van der Waals surface area contributed by atoms with Gasteiger partial charge in [0.15, 0.2) is 11.0 Å². The Balaban J connectivity index is 1.57. The van der Waals surface area contributed by atoms with Gasteiger partial charge in [-0.05, 0) is 50.3 Å². The standard InChI is InChI=1S/C23H22N4O4S2/c1-13-11-18(26-31-13)24-19(28)12-32-23-25-21-20(14-7-3-6-10-17(14)33-21)22(29)27(23)15-8-4-5-9-16(15)30-2/h4-5,8-9,11H,3,6-7,10,12H2,1-2H3,(H,24,26,28). The van der Waals surface area contributed by atoms with Crippen LogP contribution in [0.3, 0.4) is 0 Å². The summed E-state index contributed by atoms with van der Waals surface area (Å²) >= 11 is 2.79. The largest absolute Gasteiger partial charge is 0.495 e. The molecule has 1 aliphatic rings. The Morgan fingerprint density at radius 1 is 1.30 bits per heavy atom. The molecule has 3 heterocycles. The molecule has 0 unspecified atom stereocenters. The van der Waals surface area contributed by atoms with Gasteiger partial charge in [0, 0.05) is 10.9 Å². The summed E-state index contributed by atoms with van der Waals surface area (Å²) in [5, 5.41) is 7.63. The van der Waals surface area contributed by atoms with Crippen molar-refractivity contribution >= 4 is 45.0 Å². The molecule has 4 aromatic rings. The first kappa shape index (κ1) is 21.7. The first-order valence-corrected chi connectivity index (χ1v) is 12.4. The molecule has 1 aromatic carbocycles. The monoisotopic (exact) mass is 482 g/mol. The van der Waals surface area contributed by atoms with Gasteiger partial charge in [0.2, 0.25) is 5.91 Å². The number of methoxy groups -OCH3 is 1. The van der Waals surface area contributed by atoms with Gasteiger partial charge in [0.25, 0.3) is 5.56 Å². The van der Waals surface area contributed by atoms with Crippen LogP contribution in [0.1, 0.15) is 29.0 Å². The lowest BCUT2D eigenvalue weighted by molar-refractivity contribution is -0.113. The Kier molecular flexibility index (Phi) is 5.94. The maximum atomic E-state index is 13.8. The first-order chi connectivity index (χ1) is 16.0. The molecule has 0 aliphatic heterocycles. The highest BCUT2D eigenvalue weighted by atomic mass is 32.2. The third-order valence-corrected chi connectivity index (χ3v) is 7.64. The van der Waals surface area contributed by atoms with E-state index in [4.69, 9.17) is 14.2 Å².